The van der Waals surface area contributed by atoms with E-state index < -0.39 is 0 Å². The quantitative estimate of drug-likeness (QED) is 0.467. The third kappa shape index (κ3) is 3.97. The Balaban J connectivity index is 1.51. The van der Waals surface area contributed by atoms with Gasteiger partial charge in [0, 0.05) is 12.1 Å². The minimum atomic E-state index is -0.357. The summed E-state index contributed by atoms with van der Waals surface area (Å²) in [4.78, 5) is 30.9. The average molecular weight is 419 g/mol. The number of para-hydroxylation sites is 2. The van der Waals surface area contributed by atoms with Gasteiger partial charge in [-0.05, 0) is 49.7 Å². The number of rotatable bonds is 5. The maximum atomic E-state index is 12.5. The lowest BCUT2D eigenvalue weighted by atomic mass is 10.1. The molecule has 0 atom stereocenters. The summed E-state index contributed by atoms with van der Waals surface area (Å²) in [5, 5.41) is 0. The molecule has 4 rings (SSSR count). The Morgan fingerprint density at radius 2 is 1.70 bits per heavy atom. The number of aromatic nitrogens is 2. The molecule has 152 valence electrons. The van der Waals surface area contributed by atoms with Crippen LogP contribution < -0.4 is 10.9 Å². The average Bonchev–Trinajstić information content (AvgIpc) is 3.38. The number of fused-ring (bicyclic) bond motifs is 1. The number of carbonyl (C=O) groups excluding carboxylic acids is 2. The Bertz CT molecular complexity index is 1210. The predicted molar refractivity (Wildman–Crippen MR) is 119 cm³/mol. The highest BCUT2D eigenvalue weighted by Crippen LogP contribution is 2.30. The molecule has 0 saturated carbocycles. The van der Waals surface area contributed by atoms with Gasteiger partial charge in [-0.1, -0.05) is 36.8 Å². The summed E-state index contributed by atoms with van der Waals surface area (Å²) in [6.45, 7) is 4.93. The Kier molecular flexibility index (Phi) is 5.63. The highest BCUT2D eigenvalue weighted by molar-refractivity contribution is 7.17. The molecule has 0 radical (unpaired) electrons. The van der Waals surface area contributed by atoms with Crippen molar-refractivity contribution in [3.8, 4) is 10.7 Å². The van der Waals surface area contributed by atoms with Crippen LogP contribution in [0.15, 0.2) is 60.7 Å². The fourth-order valence-electron chi connectivity index (χ4n) is 3.25. The van der Waals surface area contributed by atoms with Crippen molar-refractivity contribution in [2.24, 2.45) is 0 Å². The lowest BCUT2D eigenvalue weighted by Crippen LogP contribution is -2.41. The Morgan fingerprint density at radius 3 is 2.47 bits per heavy atom. The number of carbonyl (C=O) groups is 2. The number of hydrazine groups is 1. The minimum absolute atomic E-state index is 0.357. The molecular weight excluding hydrogens is 396 g/mol. The molecular formula is C23H22N4O2S. The molecule has 2 aromatic carbocycles. The van der Waals surface area contributed by atoms with Crippen LogP contribution in [-0.2, 0) is 6.54 Å². The predicted octanol–water partition coefficient (Wildman–Crippen LogP) is 4.56. The van der Waals surface area contributed by atoms with Gasteiger partial charge in [0.05, 0.1) is 20.8 Å². The summed E-state index contributed by atoms with van der Waals surface area (Å²) in [6.07, 6.45) is 0.983. The molecule has 2 amide bonds. The van der Waals surface area contributed by atoms with Gasteiger partial charge in [0.1, 0.15) is 0 Å². The highest BCUT2D eigenvalue weighted by atomic mass is 32.1. The first-order valence-electron chi connectivity index (χ1n) is 9.79. The van der Waals surface area contributed by atoms with Crippen molar-refractivity contribution in [1.82, 2.24) is 20.4 Å². The molecule has 30 heavy (non-hydrogen) atoms. The van der Waals surface area contributed by atoms with E-state index in [2.05, 4.69) is 28.4 Å². The van der Waals surface area contributed by atoms with Crippen molar-refractivity contribution in [3.05, 3.63) is 76.7 Å². The van der Waals surface area contributed by atoms with Gasteiger partial charge >= 0.3 is 0 Å². The van der Waals surface area contributed by atoms with Crippen LogP contribution in [0, 0.1) is 6.92 Å². The van der Waals surface area contributed by atoms with E-state index in [4.69, 9.17) is 4.98 Å². The van der Waals surface area contributed by atoms with Crippen LogP contribution in [0.5, 0.6) is 0 Å². The zero-order chi connectivity index (χ0) is 21.1. The molecule has 0 bridgehead atoms. The SMILES string of the molecule is CCCn1c(-c2ccc(C(=O)NNC(=O)c3ccc(C)cc3)s2)nc2ccccc21. The van der Waals surface area contributed by atoms with Crippen LogP contribution in [0.3, 0.4) is 0 Å². The van der Waals surface area contributed by atoms with E-state index in [1.54, 1.807) is 18.2 Å². The molecule has 0 aliphatic carbocycles. The number of benzene rings is 2. The number of nitrogens with one attached hydrogen (secondary N) is 2. The van der Waals surface area contributed by atoms with Crippen LogP contribution >= 0.6 is 11.3 Å². The fraction of sp³-hybridized carbons (Fsp3) is 0.174. The summed E-state index contributed by atoms with van der Waals surface area (Å²) >= 11 is 1.35. The number of hydrogen-bond acceptors (Lipinski definition) is 4. The lowest BCUT2D eigenvalue weighted by molar-refractivity contribution is 0.0849. The van der Waals surface area contributed by atoms with Crippen LogP contribution in [0.2, 0.25) is 0 Å². The second-order valence-electron chi connectivity index (χ2n) is 7.01. The topological polar surface area (TPSA) is 76.0 Å². The second-order valence-corrected chi connectivity index (χ2v) is 8.10. The Labute approximate surface area is 178 Å². The molecule has 0 saturated heterocycles. The minimum Gasteiger partial charge on any atom is -0.323 e. The number of amides is 2. The monoisotopic (exact) mass is 418 g/mol. The van der Waals surface area contributed by atoms with Gasteiger partial charge in [0.2, 0.25) is 0 Å². The van der Waals surface area contributed by atoms with Crippen molar-refractivity contribution in [2.75, 3.05) is 0 Å². The number of aryl methyl sites for hydroxylation is 2. The molecule has 7 heteroatoms. The van der Waals surface area contributed by atoms with E-state index >= 15 is 0 Å². The Hall–Kier alpha value is -3.45. The van der Waals surface area contributed by atoms with Crippen LogP contribution in [0.4, 0.5) is 0 Å². The third-order valence-electron chi connectivity index (χ3n) is 4.76. The number of imidazole rings is 1. The summed E-state index contributed by atoms with van der Waals surface area (Å²) in [5.74, 6) is 0.139. The number of thiophene rings is 1. The van der Waals surface area contributed by atoms with Crippen LogP contribution in [0.1, 0.15) is 38.9 Å². The summed E-state index contributed by atoms with van der Waals surface area (Å²) in [7, 11) is 0. The van der Waals surface area contributed by atoms with Crippen molar-refractivity contribution in [2.45, 2.75) is 26.8 Å². The first-order chi connectivity index (χ1) is 14.6. The van der Waals surface area contributed by atoms with Gasteiger partial charge < -0.3 is 4.57 Å². The van der Waals surface area contributed by atoms with Crippen molar-refractivity contribution in [3.63, 3.8) is 0 Å². The third-order valence-corrected chi connectivity index (χ3v) is 5.84. The smallest absolute Gasteiger partial charge is 0.279 e. The van der Waals surface area contributed by atoms with Gasteiger partial charge in [-0.3, -0.25) is 20.4 Å². The molecule has 0 aliphatic heterocycles. The largest absolute Gasteiger partial charge is 0.323 e. The molecule has 2 aromatic heterocycles. The molecule has 2 heterocycles. The zero-order valence-electron chi connectivity index (χ0n) is 16.8. The van der Waals surface area contributed by atoms with E-state index in [-0.39, 0.29) is 11.8 Å². The maximum absolute atomic E-state index is 12.5. The Morgan fingerprint density at radius 1 is 0.967 bits per heavy atom. The zero-order valence-corrected chi connectivity index (χ0v) is 17.6. The van der Waals surface area contributed by atoms with Gasteiger partial charge in [-0.15, -0.1) is 11.3 Å². The first-order valence-corrected chi connectivity index (χ1v) is 10.6. The van der Waals surface area contributed by atoms with Crippen molar-refractivity contribution >= 4 is 34.2 Å². The van der Waals surface area contributed by atoms with Crippen LogP contribution in [0.25, 0.3) is 21.7 Å². The van der Waals surface area contributed by atoms with Crippen molar-refractivity contribution in [1.29, 1.82) is 0 Å². The van der Waals surface area contributed by atoms with Crippen LogP contribution in [-0.4, -0.2) is 21.4 Å². The highest BCUT2D eigenvalue weighted by Gasteiger charge is 2.17. The van der Waals surface area contributed by atoms with Gasteiger partial charge in [-0.2, -0.15) is 0 Å². The number of nitrogens with zero attached hydrogens (tertiary/aromatic N) is 2. The van der Waals surface area contributed by atoms with E-state index in [9.17, 15) is 9.59 Å². The van der Waals surface area contributed by atoms with E-state index in [0.29, 0.717) is 10.4 Å². The molecule has 2 N–H and O–H groups in total. The molecule has 6 nitrogen and oxygen atoms in total. The molecule has 0 fully saturated rings. The van der Waals surface area contributed by atoms with Gasteiger partial charge in [0.25, 0.3) is 11.8 Å². The summed E-state index contributed by atoms with van der Waals surface area (Å²) < 4.78 is 2.18. The van der Waals surface area contributed by atoms with E-state index in [1.165, 1.54) is 11.3 Å². The molecule has 4 aromatic rings. The standard InChI is InChI=1S/C23H22N4O2S/c1-3-14-27-18-7-5-4-6-17(18)24-21(27)19-12-13-20(30-19)23(29)26-25-22(28)16-10-8-15(2)9-11-16/h4-13H,3,14H2,1-2H3,(H,25,28)(H,26,29). The van der Waals surface area contributed by atoms with Gasteiger partial charge in [0.15, 0.2) is 5.82 Å². The summed E-state index contributed by atoms with van der Waals surface area (Å²) in [6, 6.07) is 18.8. The molecule has 0 unspecified atom stereocenters. The second kappa shape index (κ2) is 8.51. The lowest BCUT2D eigenvalue weighted by Gasteiger charge is -2.07. The summed E-state index contributed by atoms with van der Waals surface area (Å²) in [5.41, 5.74) is 8.52. The normalized spacial score (nSPS) is 10.9. The first kappa shape index (κ1) is 19.8. The molecule has 0 aliphatic rings. The van der Waals surface area contributed by atoms with E-state index in [0.717, 1.165) is 40.3 Å². The number of hydrogen-bond donors (Lipinski definition) is 2. The van der Waals surface area contributed by atoms with E-state index in [1.807, 2.05) is 43.3 Å². The van der Waals surface area contributed by atoms with Crippen molar-refractivity contribution < 1.29 is 9.59 Å². The fourth-order valence-corrected chi connectivity index (χ4v) is 4.15. The van der Waals surface area contributed by atoms with Gasteiger partial charge in [-0.25, -0.2) is 4.98 Å². The maximum Gasteiger partial charge on any atom is 0.279 e. The molecule has 0 spiro atoms.